The first-order chi connectivity index (χ1) is 13.2. The maximum atomic E-state index is 12.3. The fourth-order valence-electron chi connectivity index (χ4n) is 3.40. The average molecular weight is 394 g/mol. The lowest BCUT2D eigenvalue weighted by atomic mass is 9.85. The number of nitrogens with one attached hydrogen (secondary N) is 1. The molecule has 1 aliphatic rings. The first kappa shape index (κ1) is 18.3. The van der Waals surface area contributed by atoms with Crippen LogP contribution in [0.25, 0.3) is 16.2 Å². The molecule has 1 aliphatic carbocycles. The Labute approximate surface area is 169 Å². The Morgan fingerprint density at radius 2 is 2.00 bits per heavy atom. The first-order valence-corrected chi connectivity index (χ1v) is 10.7. The Morgan fingerprint density at radius 1 is 1.19 bits per heavy atom. The van der Waals surface area contributed by atoms with E-state index in [0.717, 1.165) is 24.2 Å². The van der Waals surface area contributed by atoms with Crippen LogP contribution in [0.4, 0.5) is 0 Å². The molecule has 0 radical (unpaired) electrons. The fourth-order valence-corrected chi connectivity index (χ4v) is 4.78. The van der Waals surface area contributed by atoms with Crippen LogP contribution in [0.2, 0.25) is 0 Å². The number of carbonyl (C=O) groups is 1. The van der Waals surface area contributed by atoms with Crippen LogP contribution < -0.4 is 5.32 Å². The van der Waals surface area contributed by atoms with E-state index in [2.05, 4.69) is 66.5 Å². The SMILES string of the molecule is O=C(NCc1c(CC=Cc2ccccc2)sc2ccc(S)cc12)C1CCC1. The van der Waals surface area contributed by atoms with Gasteiger partial charge >= 0.3 is 0 Å². The third-order valence-corrected chi connectivity index (χ3v) is 6.70. The Bertz CT molecular complexity index is 971. The van der Waals surface area contributed by atoms with Crippen molar-refractivity contribution in [2.75, 3.05) is 0 Å². The molecule has 0 saturated heterocycles. The van der Waals surface area contributed by atoms with Gasteiger partial charge in [0.15, 0.2) is 0 Å². The molecule has 0 spiro atoms. The molecule has 138 valence electrons. The van der Waals surface area contributed by atoms with Crippen molar-refractivity contribution in [1.82, 2.24) is 5.32 Å². The number of carbonyl (C=O) groups excluding carboxylic acids is 1. The molecule has 2 nitrogen and oxygen atoms in total. The topological polar surface area (TPSA) is 29.1 Å². The van der Waals surface area contributed by atoms with Gasteiger partial charge in [-0.05, 0) is 47.6 Å². The smallest absolute Gasteiger partial charge is 0.223 e. The molecule has 1 fully saturated rings. The molecular weight excluding hydrogens is 370 g/mol. The highest BCUT2D eigenvalue weighted by Crippen LogP contribution is 2.34. The molecule has 0 bridgehead atoms. The maximum Gasteiger partial charge on any atom is 0.223 e. The lowest BCUT2D eigenvalue weighted by Crippen LogP contribution is -2.34. The van der Waals surface area contributed by atoms with E-state index in [1.807, 2.05) is 23.5 Å². The van der Waals surface area contributed by atoms with Crippen molar-refractivity contribution in [2.24, 2.45) is 5.92 Å². The zero-order chi connectivity index (χ0) is 18.6. The van der Waals surface area contributed by atoms with Crippen LogP contribution in [0.15, 0.2) is 59.5 Å². The normalized spacial score (nSPS) is 14.6. The van der Waals surface area contributed by atoms with Gasteiger partial charge < -0.3 is 5.32 Å². The lowest BCUT2D eigenvalue weighted by molar-refractivity contribution is -0.127. The van der Waals surface area contributed by atoms with Crippen molar-refractivity contribution in [3.8, 4) is 0 Å². The second-order valence-corrected chi connectivity index (χ2v) is 8.70. The third kappa shape index (κ3) is 4.28. The van der Waals surface area contributed by atoms with Gasteiger partial charge in [-0.3, -0.25) is 4.79 Å². The number of allylic oxidation sites excluding steroid dienone is 1. The molecule has 1 amide bonds. The molecule has 3 aromatic rings. The van der Waals surface area contributed by atoms with Crippen molar-refractivity contribution < 1.29 is 4.79 Å². The molecule has 1 aromatic heterocycles. The van der Waals surface area contributed by atoms with Gasteiger partial charge in [0.05, 0.1) is 0 Å². The molecule has 2 aromatic carbocycles. The molecule has 1 N–H and O–H groups in total. The monoisotopic (exact) mass is 393 g/mol. The highest BCUT2D eigenvalue weighted by Gasteiger charge is 2.25. The van der Waals surface area contributed by atoms with Gasteiger partial charge in [-0.1, -0.05) is 48.9 Å². The van der Waals surface area contributed by atoms with Gasteiger partial charge in [0.1, 0.15) is 0 Å². The molecule has 0 atom stereocenters. The summed E-state index contributed by atoms with van der Waals surface area (Å²) in [6, 6.07) is 16.6. The number of benzene rings is 2. The molecule has 0 unspecified atom stereocenters. The zero-order valence-corrected chi connectivity index (χ0v) is 16.9. The molecule has 4 rings (SSSR count). The van der Waals surface area contributed by atoms with Crippen molar-refractivity contribution in [3.05, 3.63) is 70.6 Å². The van der Waals surface area contributed by atoms with Crippen LogP contribution in [0.1, 0.15) is 35.3 Å². The van der Waals surface area contributed by atoms with E-state index < -0.39 is 0 Å². The Hall–Kier alpha value is -2.04. The Morgan fingerprint density at radius 3 is 2.74 bits per heavy atom. The van der Waals surface area contributed by atoms with Crippen LogP contribution >= 0.6 is 24.0 Å². The zero-order valence-electron chi connectivity index (χ0n) is 15.2. The summed E-state index contributed by atoms with van der Waals surface area (Å²) in [5.41, 5.74) is 2.44. The number of amides is 1. The average Bonchev–Trinajstić information content (AvgIpc) is 2.96. The Kier molecular flexibility index (Phi) is 5.65. The summed E-state index contributed by atoms with van der Waals surface area (Å²) in [7, 11) is 0. The molecule has 1 saturated carbocycles. The van der Waals surface area contributed by atoms with Crippen molar-refractivity contribution in [2.45, 2.75) is 37.1 Å². The first-order valence-electron chi connectivity index (χ1n) is 9.43. The van der Waals surface area contributed by atoms with Crippen LogP contribution in [-0.2, 0) is 17.8 Å². The van der Waals surface area contributed by atoms with Crippen molar-refractivity contribution in [1.29, 1.82) is 0 Å². The molecular formula is C23H23NOS2. The summed E-state index contributed by atoms with van der Waals surface area (Å²) >= 11 is 6.32. The molecule has 4 heteroatoms. The van der Waals surface area contributed by atoms with Gasteiger partial charge in [0.25, 0.3) is 0 Å². The predicted octanol–water partition coefficient (Wildman–Crippen LogP) is 5.86. The van der Waals surface area contributed by atoms with Crippen LogP contribution in [-0.4, -0.2) is 5.91 Å². The van der Waals surface area contributed by atoms with E-state index in [1.165, 1.54) is 32.5 Å². The minimum Gasteiger partial charge on any atom is -0.352 e. The standard InChI is InChI=1S/C23H23NOS2/c25-23(17-9-5-10-17)24-15-20-19-14-18(26)12-13-22(19)27-21(20)11-4-8-16-6-2-1-3-7-16/h1-4,6-8,12-14,17,26H,5,9-11,15H2,(H,24,25). The predicted molar refractivity (Wildman–Crippen MR) is 117 cm³/mol. The van der Waals surface area contributed by atoms with Gasteiger partial charge in [-0.25, -0.2) is 0 Å². The van der Waals surface area contributed by atoms with E-state index in [-0.39, 0.29) is 11.8 Å². The summed E-state index contributed by atoms with van der Waals surface area (Å²) in [5.74, 6) is 0.421. The molecule has 0 aliphatic heterocycles. The van der Waals surface area contributed by atoms with E-state index >= 15 is 0 Å². The number of hydrogen-bond acceptors (Lipinski definition) is 3. The lowest BCUT2D eigenvalue weighted by Gasteiger charge is -2.24. The van der Waals surface area contributed by atoms with E-state index in [9.17, 15) is 4.79 Å². The van der Waals surface area contributed by atoms with Crippen molar-refractivity contribution >= 4 is 46.0 Å². The van der Waals surface area contributed by atoms with Crippen LogP contribution in [0.3, 0.4) is 0 Å². The summed E-state index contributed by atoms with van der Waals surface area (Å²) < 4.78 is 1.25. The van der Waals surface area contributed by atoms with Gasteiger partial charge in [-0.15, -0.1) is 24.0 Å². The number of thiophene rings is 1. The van der Waals surface area contributed by atoms with Crippen LogP contribution in [0.5, 0.6) is 0 Å². The molecule has 1 heterocycles. The minimum absolute atomic E-state index is 0.202. The minimum atomic E-state index is 0.202. The number of hydrogen-bond donors (Lipinski definition) is 2. The largest absolute Gasteiger partial charge is 0.352 e. The highest BCUT2D eigenvalue weighted by atomic mass is 32.1. The van der Waals surface area contributed by atoms with Gasteiger partial charge in [0, 0.05) is 33.4 Å². The van der Waals surface area contributed by atoms with Crippen molar-refractivity contribution in [3.63, 3.8) is 0 Å². The van der Waals surface area contributed by atoms with Gasteiger partial charge in [-0.2, -0.15) is 0 Å². The Balaban J connectivity index is 1.56. The number of fused-ring (bicyclic) bond motifs is 1. The fraction of sp³-hybridized carbons (Fsp3) is 0.261. The highest BCUT2D eigenvalue weighted by molar-refractivity contribution is 7.80. The summed E-state index contributed by atoms with van der Waals surface area (Å²) in [4.78, 5) is 14.6. The van der Waals surface area contributed by atoms with E-state index in [4.69, 9.17) is 0 Å². The number of rotatable bonds is 6. The molecule has 27 heavy (non-hydrogen) atoms. The van der Waals surface area contributed by atoms with Gasteiger partial charge in [0.2, 0.25) is 5.91 Å². The van der Waals surface area contributed by atoms with Crippen LogP contribution in [0, 0.1) is 5.92 Å². The summed E-state index contributed by atoms with van der Waals surface area (Å²) in [6.45, 7) is 0.598. The second kappa shape index (κ2) is 8.32. The summed E-state index contributed by atoms with van der Waals surface area (Å²) in [6.07, 6.45) is 8.47. The van der Waals surface area contributed by atoms with E-state index in [0.29, 0.717) is 6.54 Å². The second-order valence-electron chi connectivity index (χ2n) is 7.05. The third-order valence-electron chi connectivity index (χ3n) is 5.19. The van der Waals surface area contributed by atoms with E-state index in [1.54, 1.807) is 0 Å². The quantitative estimate of drug-likeness (QED) is 0.505. The maximum absolute atomic E-state index is 12.3. The number of thiol groups is 1. The summed E-state index contributed by atoms with van der Waals surface area (Å²) in [5, 5.41) is 4.38.